The minimum Gasteiger partial charge on any atom is -0.497 e. The number of hydrogen-bond acceptors (Lipinski definition) is 5. The molecule has 2 aromatic rings. The van der Waals surface area contributed by atoms with E-state index in [9.17, 15) is 9.59 Å². The van der Waals surface area contributed by atoms with Crippen molar-refractivity contribution in [3.63, 3.8) is 0 Å². The van der Waals surface area contributed by atoms with E-state index in [2.05, 4.69) is 15.5 Å². The number of carbonyl (C=O) groups excluding carboxylic acids is 2. The first-order valence-corrected chi connectivity index (χ1v) is 10.8. The van der Waals surface area contributed by atoms with Gasteiger partial charge in [0.1, 0.15) is 17.0 Å². The molecule has 0 radical (unpaired) electrons. The van der Waals surface area contributed by atoms with Crippen LogP contribution in [-0.2, 0) is 15.1 Å². The molecule has 2 aromatic carbocycles. The molecule has 0 unspecified atom stereocenters. The fourth-order valence-electron chi connectivity index (χ4n) is 5.53. The van der Waals surface area contributed by atoms with Gasteiger partial charge in [-0.2, -0.15) is 0 Å². The van der Waals surface area contributed by atoms with Crippen LogP contribution in [0.15, 0.2) is 36.4 Å². The van der Waals surface area contributed by atoms with Crippen molar-refractivity contribution >= 4 is 34.8 Å². The lowest BCUT2D eigenvalue weighted by Crippen LogP contribution is -2.53. The first-order valence-electron chi connectivity index (χ1n) is 10.4. The summed E-state index contributed by atoms with van der Waals surface area (Å²) in [4.78, 5) is 29.4. The molecule has 1 spiro atoms. The second-order valence-corrected chi connectivity index (χ2v) is 8.68. The van der Waals surface area contributed by atoms with E-state index in [1.165, 1.54) is 0 Å². The topological polar surface area (TPSA) is 79.9 Å². The Morgan fingerprint density at radius 1 is 1.23 bits per heavy atom. The van der Waals surface area contributed by atoms with Gasteiger partial charge in [0, 0.05) is 28.4 Å². The van der Waals surface area contributed by atoms with Crippen LogP contribution in [0, 0.1) is 5.92 Å². The Balaban J connectivity index is 1.57. The van der Waals surface area contributed by atoms with Crippen LogP contribution in [0.5, 0.6) is 11.5 Å². The summed E-state index contributed by atoms with van der Waals surface area (Å²) in [6.45, 7) is 0.774. The minimum atomic E-state index is -1.06. The molecule has 5 rings (SSSR count). The van der Waals surface area contributed by atoms with Gasteiger partial charge in [-0.05, 0) is 56.1 Å². The quantitative estimate of drug-likeness (QED) is 0.757. The standard InChI is InChI=1S/C23H24ClN3O4/c1-30-15-6-8-20(31-2)19(12-15)25-21(28)17-11-14-4-3-9-27(14)23(17)16-10-13(24)5-7-18(16)26-22(23)29/h5-8,10,12,14,17H,3-4,9,11H2,1-2H3,(H,25,28)(H,26,29)/t14-,17+,23-/m1/s1. The van der Waals surface area contributed by atoms with Crippen LogP contribution < -0.4 is 20.1 Å². The number of benzene rings is 2. The van der Waals surface area contributed by atoms with Gasteiger partial charge in [-0.1, -0.05) is 11.6 Å². The molecule has 0 aliphatic carbocycles. The van der Waals surface area contributed by atoms with Crippen molar-refractivity contribution in [1.29, 1.82) is 0 Å². The van der Waals surface area contributed by atoms with E-state index >= 15 is 0 Å². The van der Waals surface area contributed by atoms with Gasteiger partial charge in [-0.25, -0.2) is 0 Å². The van der Waals surface area contributed by atoms with Crippen molar-refractivity contribution in [2.24, 2.45) is 5.92 Å². The van der Waals surface area contributed by atoms with Crippen LogP contribution in [0.2, 0.25) is 5.02 Å². The maximum absolute atomic E-state index is 13.7. The first-order chi connectivity index (χ1) is 15.0. The van der Waals surface area contributed by atoms with Gasteiger partial charge < -0.3 is 20.1 Å². The number of anilines is 2. The average Bonchev–Trinajstić information content (AvgIpc) is 3.42. The van der Waals surface area contributed by atoms with Gasteiger partial charge in [0.15, 0.2) is 0 Å². The van der Waals surface area contributed by atoms with Crippen molar-refractivity contribution in [1.82, 2.24) is 4.90 Å². The number of nitrogens with zero attached hydrogens (tertiary/aromatic N) is 1. The Bertz CT molecular complexity index is 1070. The molecule has 3 heterocycles. The molecular weight excluding hydrogens is 418 g/mol. The number of rotatable bonds is 4. The Kier molecular flexibility index (Phi) is 4.83. The lowest BCUT2D eigenvalue weighted by Gasteiger charge is -2.36. The normalized spacial score (nSPS) is 26.5. The maximum atomic E-state index is 13.7. The highest BCUT2D eigenvalue weighted by Crippen LogP contribution is 2.56. The van der Waals surface area contributed by atoms with Crippen LogP contribution >= 0.6 is 11.6 Å². The predicted octanol–water partition coefficient (Wildman–Crippen LogP) is 3.63. The summed E-state index contributed by atoms with van der Waals surface area (Å²) in [6.07, 6.45) is 2.59. The summed E-state index contributed by atoms with van der Waals surface area (Å²) in [5.74, 6) is 0.193. The summed E-state index contributed by atoms with van der Waals surface area (Å²) in [6, 6.07) is 10.8. The second-order valence-electron chi connectivity index (χ2n) is 8.24. The second kappa shape index (κ2) is 7.43. The van der Waals surface area contributed by atoms with Gasteiger partial charge in [0.2, 0.25) is 11.8 Å². The molecule has 2 N–H and O–H groups in total. The highest BCUT2D eigenvalue weighted by molar-refractivity contribution is 6.31. The van der Waals surface area contributed by atoms with Crippen LogP contribution in [0.25, 0.3) is 0 Å². The molecule has 3 aliphatic rings. The van der Waals surface area contributed by atoms with Gasteiger partial charge in [-0.15, -0.1) is 0 Å². The van der Waals surface area contributed by atoms with E-state index in [0.29, 0.717) is 28.6 Å². The van der Waals surface area contributed by atoms with Crippen LogP contribution in [-0.4, -0.2) is 43.5 Å². The Morgan fingerprint density at radius 2 is 2.06 bits per heavy atom. The Hall–Kier alpha value is -2.77. The predicted molar refractivity (Wildman–Crippen MR) is 118 cm³/mol. The number of ether oxygens (including phenoxy) is 2. The molecule has 0 bridgehead atoms. The molecule has 2 amide bonds. The fraction of sp³-hybridized carbons (Fsp3) is 0.391. The third-order valence-electron chi connectivity index (χ3n) is 6.81. The summed E-state index contributed by atoms with van der Waals surface area (Å²) in [5, 5.41) is 6.54. The van der Waals surface area contributed by atoms with Gasteiger partial charge in [0.05, 0.1) is 25.8 Å². The highest BCUT2D eigenvalue weighted by Gasteiger charge is 2.65. The van der Waals surface area contributed by atoms with Crippen LogP contribution in [0.1, 0.15) is 24.8 Å². The molecule has 31 heavy (non-hydrogen) atoms. The largest absolute Gasteiger partial charge is 0.497 e. The van der Waals surface area contributed by atoms with E-state index in [4.69, 9.17) is 21.1 Å². The number of methoxy groups -OCH3 is 2. The highest BCUT2D eigenvalue weighted by atomic mass is 35.5. The molecule has 2 saturated heterocycles. The molecule has 0 saturated carbocycles. The van der Waals surface area contributed by atoms with Gasteiger partial charge in [0.25, 0.3) is 0 Å². The zero-order valence-corrected chi connectivity index (χ0v) is 18.2. The third kappa shape index (κ3) is 2.91. The summed E-state index contributed by atoms with van der Waals surface area (Å²) in [7, 11) is 3.12. The van der Waals surface area contributed by atoms with Crippen molar-refractivity contribution in [3.05, 3.63) is 47.0 Å². The van der Waals surface area contributed by atoms with Crippen molar-refractivity contribution in [3.8, 4) is 11.5 Å². The van der Waals surface area contributed by atoms with Crippen molar-refractivity contribution in [2.45, 2.75) is 30.8 Å². The Labute approximate surface area is 185 Å². The summed E-state index contributed by atoms with van der Waals surface area (Å²) >= 11 is 6.32. The van der Waals surface area contributed by atoms with E-state index in [1.807, 2.05) is 12.1 Å². The van der Waals surface area contributed by atoms with Gasteiger partial charge >= 0.3 is 0 Å². The van der Waals surface area contributed by atoms with Crippen molar-refractivity contribution < 1.29 is 19.1 Å². The molecule has 162 valence electrons. The molecule has 7 nitrogen and oxygen atoms in total. The molecule has 8 heteroatoms. The third-order valence-corrected chi connectivity index (χ3v) is 7.04. The van der Waals surface area contributed by atoms with Gasteiger partial charge in [-0.3, -0.25) is 14.5 Å². The first kappa shape index (κ1) is 20.2. The zero-order valence-electron chi connectivity index (χ0n) is 17.4. The molecule has 2 fully saturated rings. The maximum Gasteiger partial charge on any atom is 0.250 e. The number of carbonyl (C=O) groups is 2. The lowest BCUT2D eigenvalue weighted by molar-refractivity contribution is -0.135. The lowest BCUT2D eigenvalue weighted by atomic mass is 9.78. The van der Waals surface area contributed by atoms with Crippen molar-refractivity contribution in [2.75, 3.05) is 31.4 Å². The number of halogens is 1. The van der Waals surface area contributed by atoms with Crippen LogP contribution in [0.3, 0.4) is 0 Å². The van der Waals surface area contributed by atoms with E-state index in [-0.39, 0.29) is 17.9 Å². The zero-order chi connectivity index (χ0) is 21.8. The Morgan fingerprint density at radius 3 is 2.84 bits per heavy atom. The monoisotopic (exact) mass is 441 g/mol. The molecule has 3 aliphatic heterocycles. The SMILES string of the molecule is COc1ccc(OC)c(NC(=O)[C@@H]2C[C@H]3CCCN3[C@@]23C(=O)Nc2ccc(Cl)cc23)c1. The van der Waals surface area contributed by atoms with E-state index in [1.54, 1.807) is 38.5 Å². The summed E-state index contributed by atoms with van der Waals surface area (Å²) in [5.41, 5.74) is 0.960. The summed E-state index contributed by atoms with van der Waals surface area (Å²) < 4.78 is 10.7. The average molecular weight is 442 g/mol. The van der Waals surface area contributed by atoms with E-state index in [0.717, 1.165) is 30.6 Å². The molecule has 0 aromatic heterocycles. The molecular formula is C23H24ClN3O4. The number of nitrogens with one attached hydrogen (secondary N) is 2. The number of amides is 2. The fourth-order valence-corrected chi connectivity index (χ4v) is 5.70. The number of hydrogen-bond donors (Lipinski definition) is 2. The van der Waals surface area contributed by atoms with E-state index < -0.39 is 11.5 Å². The smallest absolute Gasteiger partial charge is 0.250 e. The van der Waals surface area contributed by atoms with Crippen LogP contribution in [0.4, 0.5) is 11.4 Å². The number of fused-ring (bicyclic) bond motifs is 4. The minimum absolute atomic E-state index is 0.160. The molecule has 3 atom stereocenters.